The van der Waals surface area contributed by atoms with Gasteiger partial charge in [-0.3, -0.25) is 0 Å². The summed E-state index contributed by atoms with van der Waals surface area (Å²) in [5, 5.41) is 0. The first-order valence-corrected chi connectivity index (χ1v) is 5.84. The molecule has 1 atom stereocenters. The minimum Gasteiger partial charge on any atom is -0.375 e. The Morgan fingerprint density at radius 1 is 1.36 bits per heavy atom. The van der Waals surface area contributed by atoms with Crippen LogP contribution >= 0.6 is 0 Å². The lowest BCUT2D eigenvalue weighted by Gasteiger charge is -2.31. The molecular weight excluding hydrogens is 174 g/mol. The molecule has 2 nitrogen and oxygen atoms in total. The molecule has 84 valence electrons. The van der Waals surface area contributed by atoms with Crippen LogP contribution in [0, 0.1) is 5.92 Å². The Bertz CT molecular complexity index is 162. The molecule has 0 amide bonds. The van der Waals surface area contributed by atoms with Gasteiger partial charge >= 0.3 is 0 Å². The van der Waals surface area contributed by atoms with Gasteiger partial charge in [-0.05, 0) is 46.1 Å². The van der Waals surface area contributed by atoms with Crippen LogP contribution in [-0.4, -0.2) is 36.7 Å². The average molecular weight is 199 g/mol. The van der Waals surface area contributed by atoms with E-state index in [4.69, 9.17) is 4.74 Å². The van der Waals surface area contributed by atoms with Gasteiger partial charge in [0.05, 0.1) is 12.2 Å². The summed E-state index contributed by atoms with van der Waals surface area (Å²) < 4.78 is 5.73. The number of rotatable bonds is 3. The van der Waals surface area contributed by atoms with Crippen LogP contribution in [0.25, 0.3) is 0 Å². The number of piperidine rings is 1. The van der Waals surface area contributed by atoms with Crippen LogP contribution < -0.4 is 0 Å². The first-order chi connectivity index (χ1) is 6.47. The lowest BCUT2D eigenvalue weighted by Crippen LogP contribution is -2.37. The van der Waals surface area contributed by atoms with Crippen molar-refractivity contribution in [3.63, 3.8) is 0 Å². The monoisotopic (exact) mass is 199 g/mol. The first-order valence-electron chi connectivity index (χ1n) is 5.84. The van der Waals surface area contributed by atoms with E-state index in [1.54, 1.807) is 0 Å². The zero-order valence-corrected chi connectivity index (χ0v) is 10.2. The van der Waals surface area contributed by atoms with Crippen molar-refractivity contribution in [3.8, 4) is 0 Å². The standard InChI is InChI=1S/C12H25NO/c1-11-6-5-7-13(10-11)8-9-14-12(2,3)4/h11H,5-10H2,1-4H3. The SMILES string of the molecule is CC1CCCN(CCOC(C)(C)C)C1. The molecule has 0 aliphatic carbocycles. The van der Waals surface area contributed by atoms with Gasteiger partial charge in [0.25, 0.3) is 0 Å². The molecule has 0 aromatic heterocycles. The van der Waals surface area contributed by atoms with Gasteiger partial charge in [-0.25, -0.2) is 0 Å². The summed E-state index contributed by atoms with van der Waals surface area (Å²) in [5.74, 6) is 0.874. The Hall–Kier alpha value is -0.0800. The normalized spacial score (nSPS) is 25.3. The molecule has 1 saturated heterocycles. The third-order valence-electron chi connectivity index (χ3n) is 2.68. The molecule has 1 rings (SSSR count). The van der Waals surface area contributed by atoms with Crippen LogP contribution in [0.3, 0.4) is 0 Å². The van der Waals surface area contributed by atoms with Crippen LogP contribution in [-0.2, 0) is 4.74 Å². The Labute approximate surface area is 88.6 Å². The molecular formula is C12H25NO. The lowest BCUT2D eigenvalue weighted by molar-refractivity contribution is -0.0166. The smallest absolute Gasteiger partial charge is 0.0600 e. The molecule has 0 aromatic carbocycles. The molecule has 0 N–H and O–H groups in total. The topological polar surface area (TPSA) is 12.5 Å². The minimum atomic E-state index is 0.0153. The zero-order chi connectivity index (χ0) is 10.6. The number of hydrogen-bond donors (Lipinski definition) is 0. The highest BCUT2D eigenvalue weighted by molar-refractivity contribution is 4.70. The molecule has 2 heteroatoms. The van der Waals surface area contributed by atoms with Crippen LogP contribution in [0.5, 0.6) is 0 Å². The molecule has 0 bridgehead atoms. The average Bonchev–Trinajstić information content (AvgIpc) is 2.01. The Morgan fingerprint density at radius 3 is 2.64 bits per heavy atom. The quantitative estimate of drug-likeness (QED) is 0.692. The van der Waals surface area contributed by atoms with Crippen molar-refractivity contribution in [1.82, 2.24) is 4.90 Å². The minimum absolute atomic E-state index is 0.0153. The van der Waals surface area contributed by atoms with Gasteiger partial charge in [-0.1, -0.05) is 6.92 Å². The maximum Gasteiger partial charge on any atom is 0.0600 e. The maximum atomic E-state index is 5.73. The molecule has 0 saturated carbocycles. The van der Waals surface area contributed by atoms with Gasteiger partial charge < -0.3 is 9.64 Å². The van der Waals surface area contributed by atoms with Gasteiger partial charge in [0, 0.05) is 13.1 Å². The van der Waals surface area contributed by atoms with Crippen molar-refractivity contribution in [3.05, 3.63) is 0 Å². The van der Waals surface area contributed by atoms with E-state index >= 15 is 0 Å². The summed E-state index contributed by atoms with van der Waals surface area (Å²) in [7, 11) is 0. The predicted octanol–water partition coefficient (Wildman–Crippen LogP) is 2.53. The number of hydrogen-bond acceptors (Lipinski definition) is 2. The molecule has 1 unspecified atom stereocenters. The van der Waals surface area contributed by atoms with Gasteiger partial charge in [-0.2, -0.15) is 0 Å². The van der Waals surface area contributed by atoms with Crippen LogP contribution in [0.15, 0.2) is 0 Å². The second kappa shape index (κ2) is 5.13. The summed E-state index contributed by atoms with van der Waals surface area (Å²) in [6.45, 7) is 13.2. The first kappa shape index (κ1) is 12.0. The van der Waals surface area contributed by atoms with E-state index in [1.165, 1.54) is 25.9 Å². The van der Waals surface area contributed by atoms with Crippen LogP contribution in [0.4, 0.5) is 0 Å². The van der Waals surface area contributed by atoms with Crippen molar-refractivity contribution >= 4 is 0 Å². The molecule has 1 aliphatic heterocycles. The van der Waals surface area contributed by atoms with E-state index in [1.807, 2.05) is 0 Å². The van der Waals surface area contributed by atoms with Crippen molar-refractivity contribution in [2.75, 3.05) is 26.2 Å². The second-order valence-electron chi connectivity index (χ2n) is 5.51. The second-order valence-corrected chi connectivity index (χ2v) is 5.51. The van der Waals surface area contributed by atoms with Gasteiger partial charge in [0.15, 0.2) is 0 Å². The predicted molar refractivity (Wildman–Crippen MR) is 60.5 cm³/mol. The highest BCUT2D eigenvalue weighted by Gasteiger charge is 2.16. The highest BCUT2D eigenvalue weighted by atomic mass is 16.5. The molecule has 0 spiro atoms. The van der Waals surface area contributed by atoms with Gasteiger partial charge in [0.1, 0.15) is 0 Å². The van der Waals surface area contributed by atoms with Crippen LogP contribution in [0.2, 0.25) is 0 Å². The van der Waals surface area contributed by atoms with Crippen LogP contribution in [0.1, 0.15) is 40.5 Å². The molecule has 1 fully saturated rings. The van der Waals surface area contributed by atoms with E-state index in [9.17, 15) is 0 Å². The molecule has 1 heterocycles. The summed E-state index contributed by atoms with van der Waals surface area (Å²) in [6, 6.07) is 0. The lowest BCUT2D eigenvalue weighted by atomic mass is 10.0. The van der Waals surface area contributed by atoms with E-state index in [0.29, 0.717) is 0 Å². The van der Waals surface area contributed by atoms with Crippen molar-refractivity contribution in [2.45, 2.75) is 46.1 Å². The largest absolute Gasteiger partial charge is 0.375 e. The van der Waals surface area contributed by atoms with Gasteiger partial charge in [-0.15, -0.1) is 0 Å². The number of ether oxygens (including phenoxy) is 1. The van der Waals surface area contributed by atoms with Crippen molar-refractivity contribution < 1.29 is 4.74 Å². The summed E-state index contributed by atoms with van der Waals surface area (Å²) in [6.07, 6.45) is 2.76. The maximum absolute atomic E-state index is 5.73. The van der Waals surface area contributed by atoms with Crippen molar-refractivity contribution in [1.29, 1.82) is 0 Å². The third-order valence-corrected chi connectivity index (χ3v) is 2.68. The van der Waals surface area contributed by atoms with Gasteiger partial charge in [0.2, 0.25) is 0 Å². The van der Waals surface area contributed by atoms with E-state index < -0.39 is 0 Å². The Morgan fingerprint density at radius 2 is 2.07 bits per heavy atom. The molecule has 1 aliphatic rings. The summed E-state index contributed by atoms with van der Waals surface area (Å²) in [4.78, 5) is 2.53. The molecule has 14 heavy (non-hydrogen) atoms. The number of nitrogens with zero attached hydrogens (tertiary/aromatic N) is 1. The summed E-state index contributed by atoms with van der Waals surface area (Å²) in [5.41, 5.74) is 0.0153. The molecule has 0 aromatic rings. The van der Waals surface area contributed by atoms with E-state index in [0.717, 1.165) is 19.1 Å². The highest BCUT2D eigenvalue weighted by Crippen LogP contribution is 2.15. The Balaban J connectivity index is 2.12. The fourth-order valence-corrected chi connectivity index (χ4v) is 1.97. The zero-order valence-electron chi connectivity index (χ0n) is 10.2. The third kappa shape index (κ3) is 4.97. The van der Waals surface area contributed by atoms with E-state index in [2.05, 4.69) is 32.6 Å². The molecule has 0 radical (unpaired) electrons. The van der Waals surface area contributed by atoms with Crippen molar-refractivity contribution in [2.24, 2.45) is 5.92 Å². The fourth-order valence-electron chi connectivity index (χ4n) is 1.97. The Kier molecular flexibility index (Phi) is 4.39. The fraction of sp³-hybridized carbons (Fsp3) is 1.00. The number of likely N-dealkylation sites (tertiary alicyclic amines) is 1. The van der Waals surface area contributed by atoms with E-state index in [-0.39, 0.29) is 5.60 Å². The summed E-state index contributed by atoms with van der Waals surface area (Å²) >= 11 is 0.